The van der Waals surface area contributed by atoms with Crippen molar-refractivity contribution in [3.8, 4) is 33.4 Å². The molecule has 0 radical (unpaired) electrons. The first-order valence-corrected chi connectivity index (χ1v) is 19.3. The van der Waals surface area contributed by atoms with Crippen LogP contribution in [0.4, 0.5) is 11.4 Å². The molecule has 2 aromatic heterocycles. The summed E-state index contributed by atoms with van der Waals surface area (Å²) in [5.74, 6) is 0. The quantitative estimate of drug-likeness (QED) is 0.0884. The van der Waals surface area contributed by atoms with E-state index < -0.39 is 0 Å². The molecule has 0 aliphatic rings. The van der Waals surface area contributed by atoms with Gasteiger partial charge in [0.15, 0.2) is 6.21 Å². The van der Waals surface area contributed by atoms with E-state index in [1.165, 1.54) is 22.3 Å². The van der Waals surface area contributed by atoms with Crippen LogP contribution in [0.15, 0.2) is 215 Å². The van der Waals surface area contributed by atoms with Gasteiger partial charge in [-0.05, 0) is 118 Å². The lowest BCUT2D eigenvalue weighted by molar-refractivity contribution is 0.668. The van der Waals surface area contributed by atoms with E-state index in [1.807, 2.05) is 24.3 Å². The fraction of sp³-hybridized carbons (Fsp3) is 0.0185. The largest absolute Gasteiger partial charge is 0.456 e. The van der Waals surface area contributed by atoms with E-state index in [4.69, 9.17) is 8.83 Å². The van der Waals surface area contributed by atoms with Crippen molar-refractivity contribution in [2.45, 2.75) is 6.92 Å². The maximum absolute atomic E-state index is 6.15. The molecule has 0 saturated heterocycles. The van der Waals surface area contributed by atoms with E-state index in [-0.39, 0.29) is 0 Å². The van der Waals surface area contributed by atoms with Crippen LogP contribution in [-0.4, -0.2) is 6.21 Å². The molecule has 0 aliphatic heterocycles. The maximum Gasteiger partial charge on any atom is 0.211 e. The minimum absolute atomic E-state index is 0.889. The fourth-order valence-electron chi connectivity index (χ4n) is 7.85. The number of para-hydroxylation sites is 2. The number of benzene rings is 8. The van der Waals surface area contributed by atoms with Gasteiger partial charge in [0.25, 0.3) is 0 Å². The zero-order valence-electron chi connectivity index (χ0n) is 31.5. The van der Waals surface area contributed by atoms with Gasteiger partial charge in [-0.25, -0.2) is 0 Å². The van der Waals surface area contributed by atoms with Crippen molar-refractivity contribution < 1.29 is 8.83 Å². The summed E-state index contributed by atoms with van der Waals surface area (Å²) in [5.41, 5.74) is 15.0. The van der Waals surface area contributed by atoms with Crippen molar-refractivity contribution in [2.24, 2.45) is 0 Å². The van der Waals surface area contributed by atoms with Gasteiger partial charge in [-0.3, -0.25) is 0 Å². The van der Waals surface area contributed by atoms with Crippen LogP contribution in [0.5, 0.6) is 0 Å². The first kappa shape index (κ1) is 34.0. The van der Waals surface area contributed by atoms with Crippen molar-refractivity contribution in [1.29, 1.82) is 0 Å². The standard InChI is InChI=1S/C54H38NO2/c1-2-11-37(43-24-30-53-49(35-43)47-16-6-8-18-51(47)56-53)32-33-55(45-26-20-39(21-27-45)42-15-10-14-41(34-42)38-12-4-3-5-13-38)46-28-22-40(23-29-46)44-25-31-54-50(36-44)48-17-7-9-19-52(48)57-54/h2-36H,1H3/q+1/b11-2-,37-32+,55-33?. The molecule has 0 bridgehead atoms. The SMILES string of the molecule is C/C=C\C(=C/C=[N+](c1ccc(-c2cccc(-c3ccccc3)c2)cc1)c1ccc(-c2ccc3oc4ccccc4c3c2)cc1)c1ccc2oc3ccccc3c2c1. The summed E-state index contributed by atoms with van der Waals surface area (Å²) in [5, 5.41) is 4.49. The number of allylic oxidation sites excluding steroid dienone is 4. The highest BCUT2D eigenvalue weighted by atomic mass is 16.3. The first-order valence-electron chi connectivity index (χ1n) is 19.3. The van der Waals surface area contributed by atoms with Crippen molar-refractivity contribution in [2.75, 3.05) is 0 Å². The highest BCUT2D eigenvalue weighted by molar-refractivity contribution is 6.07. The van der Waals surface area contributed by atoms with Gasteiger partial charge in [0.05, 0.1) is 0 Å². The zero-order chi connectivity index (χ0) is 38.1. The topological polar surface area (TPSA) is 29.3 Å². The normalized spacial score (nSPS) is 12.4. The summed E-state index contributed by atoms with van der Waals surface area (Å²) in [6.45, 7) is 2.06. The lowest BCUT2D eigenvalue weighted by Crippen LogP contribution is -2.05. The van der Waals surface area contributed by atoms with Crippen LogP contribution in [0.25, 0.3) is 82.8 Å². The molecule has 270 valence electrons. The van der Waals surface area contributed by atoms with Gasteiger partial charge < -0.3 is 8.83 Å². The summed E-state index contributed by atoms with van der Waals surface area (Å²) in [7, 11) is 0. The Labute approximate surface area is 331 Å². The lowest BCUT2D eigenvalue weighted by Gasteiger charge is -2.08. The van der Waals surface area contributed by atoms with Crippen LogP contribution >= 0.6 is 0 Å². The minimum atomic E-state index is 0.889. The number of fused-ring (bicyclic) bond motifs is 6. The van der Waals surface area contributed by atoms with E-state index in [2.05, 4.69) is 200 Å². The maximum atomic E-state index is 6.15. The number of rotatable bonds is 8. The number of hydrogen-bond donors (Lipinski definition) is 0. The Morgan fingerprint density at radius 1 is 0.404 bits per heavy atom. The Morgan fingerprint density at radius 2 is 0.877 bits per heavy atom. The molecule has 0 spiro atoms. The third-order valence-corrected chi connectivity index (χ3v) is 10.8. The van der Waals surface area contributed by atoms with Gasteiger partial charge in [-0.1, -0.05) is 109 Å². The predicted molar refractivity (Wildman–Crippen MR) is 240 cm³/mol. The molecule has 3 heteroatoms. The second-order valence-corrected chi connectivity index (χ2v) is 14.3. The lowest BCUT2D eigenvalue weighted by atomic mass is 9.99. The van der Waals surface area contributed by atoms with Crippen LogP contribution < -0.4 is 4.58 Å². The van der Waals surface area contributed by atoms with E-state index in [0.717, 1.165) is 77.5 Å². The summed E-state index contributed by atoms with van der Waals surface area (Å²) in [6.07, 6.45) is 8.64. The number of hydrogen-bond acceptors (Lipinski definition) is 2. The second kappa shape index (κ2) is 14.6. The highest BCUT2D eigenvalue weighted by Crippen LogP contribution is 2.35. The van der Waals surface area contributed by atoms with Crippen LogP contribution in [0.1, 0.15) is 12.5 Å². The van der Waals surface area contributed by atoms with E-state index in [9.17, 15) is 0 Å². The van der Waals surface area contributed by atoms with E-state index in [1.54, 1.807) is 0 Å². The summed E-state index contributed by atoms with van der Waals surface area (Å²) >= 11 is 0. The molecule has 0 unspecified atom stereocenters. The van der Waals surface area contributed by atoms with Gasteiger partial charge in [-0.15, -0.1) is 0 Å². The molecule has 0 N–H and O–H groups in total. The van der Waals surface area contributed by atoms with Crippen LogP contribution in [0, 0.1) is 0 Å². The number of furan rings is 2. The van der Waals surface area contributed by atoms with E-state index in [0.29, 0.717) is 0 Å². The molecule has 3 nitrogen and oxygen atoms in total. The summed E-state index contributed by atoms with van der Waals surface area (Å²) in [4.78, 5) is 0. The first-order chi connectivity index (χ1) is 28.2. The molecule has 0 amide bonds. The van der Waals surface area contributed by atoms with Crippen molar-refractivity contribution in [3.05, 3.63) is 212 Å². The molecule has 0 saturated carbocycles. The summed E-state index contributed by atoms with van der Waals surface area (Å²) in [6, 6.07) is 66.3. The van der Waals surface area contributed by atoms with Crippen LogP contribution in [0.3, 0.4) is 0 Å². The average Bonchev–Trinajstić information content (AvgIpc) is 3.84. The summed E-state index contributed by atoms with van der Waals surface area (Å²) < 4.78 is 14.5. The van der Waals surface area contributed by atoms with Crippen LogP contribution in [0.2, 0.25) is 0 Å². The Kier molecular flexibility index (Phi) is 8.74. The Balaban J connectivity index is 1.05. The van der Waals surface area contributed by atoms with E-state index >= 15 is 0 Å². The molecule has 0 atom stereocenters. The Morgan fingerprint density at radius 3 is 1.49 bits per heavy atom. The van der Waals surface area contributed by atoms with Gasteiger partial charge >= 0.3 is 0 Å². The third-order valence-electron chi connectivity index (χ3n) is 10.8. The zero-order valence-corrected chi connectivity index (χ0v) is 31.5. The van der Waals surface area contributed by atoms with Crippen molar-refractivity contribution in [1.82, 2.24) is 4.58 Å². The highest BCUT2D eigenvalue weighted by Gasteiger charge is 2.16. The van der Waals surface area contributed by atoms with Gasteiger partial charge in [0.1, 0.15) is 22.3 Å². The van der Waals surface area contributed by atoms with Crippen molar-refractivity contribution in [3.63, 3.8) is 0 Å². The average molecular weight is 733 g/mol. The molecule has 8 aromatic carbocycles. The third kappa shape index (κ3) is 6.56. The van der Waals surface area contributed by atoms with Crippen molar-refractivity contribution >= 4 is 67.0 Å². The monoisotopic (exact) mass is 732 g/mol. The predicted octanol–water partition coefficient (Wildman–Crippen LogP) is 15.1. The second-order valence-electron chi connectivity index (χ2n) is 14.3. The molecule has 0 aliphatic carbocycles. The number of nitrogens with zero attached hydrogens (tertiary/aromatic N) is 1. The molecule has 2 heterocycles. The molecule has 57 heavy (non-hydrogen) atoms. The molecule has 10 rings (SSSR count). The molecule has 10 aromatic rings. The molecule has 0 fully saturated rings. The Bertz CT molecular complexity index is 3160. The smallest absolute Gasteiger partial charge is 0.211 e. The Hall–Kier alpha value is -7.49. The van der Waals surface area contributed by atoms with Gasteiger partial charge in [0, 0.05) is 51.9 Å². The minimum Gasteiger partial charge on any atom is -0.456 e. The molecular weight excluding hydrogens is 695 g/mol. The molecular formula is C54H38NO2+. The van der Waals surface area contributed by atoms with Crippen LogP contribution in [-0.2, 0) is 0 Å². The van der Waals surface area contributed by atoms with Gasteiger partial charge in [0.2, 0.25) is 11.4 Å². The fourth-order valence-corrected chi connectivity index (χ4v) is 7.85. The van der Waals surface area contributed by atoms with Gasteiger partial charge in [-0.2, -0.15) is 4.58 Å².